The summed E-state index contributed by atoms with van der Waals surface area (Å²) in [5.74, 6) is 2.47. The van der Waals surface area contributed by atoms with Crippen molar-refractivity contribution in [3.05, 3.63) is 47.4 Å². The van der Waals surface area contributed by atoms with Crippen LogP contribution in [-0.2, 0) is 10.5 Å². The molecule has 3 aromatic rings. The van der Waals surface area contributed by atoms with Gasteiger partial charge in [-0.1, -0.05) is 35.1 Å². The van der Waals surface area contributed by atoms with E-state index >= 15 is 0 Å². The molecule has 0 saturated heterocycles. The molecule has 0 amide bonds. The molecule has 0 N–H and O–H groups in total. The second-order valence-electron chi connectivity index (χ2n) is 5.58. The molecule has 1 aromatic carbocycles. The normalized spacial score (nSPS) is 12.5. The van der Waals surface area contributed by atoms with Gasteiger partial charge in [-0.25, -0.2) is 0 Å². The van der Waals surface area contributed by atoms with Gasteiger partial charge in [-0.3, -0.25) is 4.57 Å². The van der Waals surface area contributed by atoms with Gasteiger partial charge in [-0.15, -0.1) is 10.2 Å². The molecule has 7 nitrogen and oxygen atoms in total. The number of ether oxygens (including phenoxy) is 1. The molecule has 2 aromatic heterocycles. The standard InChI is InChI=1S/C17H21N5O2S/c1-5-23-12(3)16-18-15(24-21-16)10-25-17-20-19-13(4)22(17)14-9-7-6-8-11(14)2/h6-9,12H,5,10H2,1-4H3. The molecule has 1 atom stereocenters. The fourth-order valence-corrected chi connectivity index (χ4v) is 3.30. The second kappa shape index (κ2) is 7.79. The van der Waals surface area contributed by atoms with Crippen LogP contribution in [0.15, 0.2) is 33.9 Å². The van der Waals surface area contributed by atoms with Crippen LogP contribution in [0.2, 0.25) is 0 Å². The van der Waals surface area contributed by atoms with E-state index in [1.54, 1.807) is 0 Å². The molecular weight excluding hydrogens is 338 g/mol. The number of nitrogens with zero attached hydrogens (tertiary/aromatic N) is 5. The lowest BCUT2D eigenvalue weighted by Gasteiger charge is -2.10. The van der Waals surface area contributed by atoms with Crippen LogP contribution in [0.1, 0.15) is 43.1 Å². The maximum Gasteiger partial charge on any atom is 0.237 e. The molecule has 0 radical (unpaired) electrons. The highest BCUT2D eigenvalue weighted by molar-refractivity contribution is 7.98. The van der Waals surface area contributed by atoms with Gasteiger partial charge in [-0.2, -0.15) is 4.98 Å². The minimum absolute atomic E-state index is 0.176. The van der Waals surface area contributed by atoms with Crippen LogP contribution in [0.3, 0.4) is 0 Å². The smallest absolute Gasteiger partial charge is 0.237 e. The number of hydrogen-bond acceptors (Lipinski definition) is 7. The number of aryl methyl sites for hydroxylation is 2. The minimum Gasteiger partial charge on any atom is -0.371 e. The molecule has 132 valence electrons. The molecule has 8 heteroatoms. The first-order valence-electron chi connectivity index (χ1n) is 8.15. The van der Waals surface area contributed by atoms with E-state index in [2.05, 4.69) is 39.4 Å². The first kappa shape index (κ1) is 17.6. The summed E-state index contributed by atoms with van der Waals surface area (Å²) < 4.78 is 12.8. The minimum atomic E-state index is -0.176. The van der Waals surface area contributed by atoms with E-state index < -0.39 is 0 Å². The Hall–Kier alpha value is -2.19. The van der Waals surface area contributed by atoms with Gasteiger partial charge in [0.1, 0.15) is 11.9 Å². The number of rotatable bonds is 7. The predicted octanol–water partition coefficient (Wildman–Crippen LogP) is 3.66. The Kier molecular flexibility index (Phi) is 5.50. The van der Waals surface area contributed by atoms with Gasteiger partial charge >= 0.3 is 0 Å². The molecule has 0 spiro atoms. The molecule has 1 unspecified atom stereocenters. The monoisotopic (exact) mass is 359 g/mol. The van der Waals surface area contributed by atoms with Crippen molar-refractivity contribution in [1.82, 2.24) is 24.9 Å². The van der Waals surface area contributed by atoms with Gasteiger partial charge in [0.15, 0.2) is 11.0 Å². The third-order valence-electron chi connectivity index (χ3n) is 3.74. The molecule has 3 rings (SSSR count). The van der Waals surface area contributed by atoms with Crippen molar-refractivity contribution in [2.24, 2.45) is 0 Å². The van der Waals surface area contributed by atoms with E-state index in [1.807, 2.05) is 37.5 Å². The average Bonchev–Trinajstić information content (AvgIpc) is 3.21. The Morgan fingerprint density at radius 3 is 2.80 bits per heavy atom. The lowest BCUT2D eigenvalue weighted by atomic mass is 10.2. The van der Waals surface area contributed by atoms with Gasteiger partial charge in [0.25, 0.3) is 0 Å². The van der Waals surface area contributed by atoms with Gasteiger partial charge in [-0.05, 0) is 39.3 Å². The zero-order valence-corrected chi connectivity index (χ0v) is 15.6. The van der Waals surface area contributed by atoms with Crippen LogP contribution in [0, 0.1) is 13.8 Å². The third-order valence-corrected chi connectivity index (χ3v) is 4.65. The molecular formula is C17H21N5O2S. The molecule has 25 heavy (non-hydrogen) atoms. The van der Waals surface area contributed by atoms with E-state index in [-0.39, 0.29) is 6.10 Å². The maximum absolute atomic E-state index is 5.48. The summed E-state index contributed by atoms with van der Waals surface area (Å²) in [4.78, 5) is 4.39. The lowest BCUT2D eigenvalue weighted by molar-refractivity contribution is 0.0683. The fourth-order valence-electron chi connectivity index (χ4n) is 2.47. The highest BCUT2D eigenvalue weighted by atomic mass is 32.2. The molecule has 0 aliphatic heterocycles. The lowest BCUT2D eigenvalue weighted by Crippen LogP contribution is -2.02. The third kappa shape index (κ3) is 3.91. The maximum atomic E-state index is 5.48. The Labute approximate surface area is 150 Å². The fraction of sp³-hybridized carbons (Fsp3) is 0.412. The molecule has 0 saturated carbocycles. The topological polar surface area (TPSA) is 78.9 Å². The SMILES string of the molecule is CCOC(C)c1noc(CSc2nnc(C)n2-c2ccccc2C)n1. The number of benzene rings is 1. The van der Waals surface area contributed by atoms with Crippen LogP contribution >= 0.6 is 11.8 Å². The van der Waals surface area contributed by atoms with E-state index in [0.717, 1.165) is 22.2 Å². The van der Waals surface area contributed by atoms with Crippen LogP contribution in [0.4, 0.5) is 0 Å². The van der Waals surface area contributed by atoms with E-state index in [4.69, 9.17) is 9.26 Å². The van der Waals surface area contributed by atoms with Crippen LogP contribution in [0.5, 0.6) is 0 Å². The second-order valence-corrected chi connectivity index (χ2v) is 6.53. The van der Waals surface area contributed by atoms with Crippen LogP contribution < -0.4 is 0 Å². The van der Waals surface area contributed by atoms with Gasteiger partial charge < -0.3 is 9.26 Å². The Morgan fingerprint density at radius 1 is 1.24 bits per heavy atom. The molecule has 0 bridgehead atoms. The highest BCUT2D eigenvalue weighted by Crippen LogP contribution is 2.26. The summed E-state index contributed by atoms with van der Waals surface area (Å²) in [5.41, 5.74) is 2.24. The zero-order chi connectivity index (χ0) is 17.8. The van der Waals surface area contributed by atoms with E-state index in [0.29, 0.717) is 24.1 Å². The molecule has 0 aliphatic carbocycles. The van der Waals surface area contributed by atoms with Gasteiger partial charge in [0.05, 0.1) is 11.4 Å². The van der Waals surface area contributed by atoms with Crippen molar-refractivity contribution in [2.75, 3.05) is 6.61 Å². The Balaban J connectivity index is 1.76. The molecule has 2 heterocycles. The van der Waals surface area contributed by atoms with Crippen LogP contribution in [-0.4, -0.2) is 31.5 Å². The average molecular weight is 359 g/mol. The number of thioether (sulfide) groups is 1. The summed E-state index contributed by atoms with van der Waals surface area (Å²) in [6.45, 7) is 8.47. The molecule has 0 fully saturated rings. The summed E-state index contributed by atoms with van der Waals surface area (Å²) in [7, 11) is 0. The molecule has 0 aliphatic rings. The first-order chi connectivity index (χ1) is 12.1. The summed E-state index contributed by atoms with van der Waals surface area (Å²) in [5, 5.41) is 13.3. The Bertz CT molecular complexity index is 845. The van der Waals surface area contributed by atoms with Gasteiger partial charge in [0.2, 0.25) is 5.89 Å². The summed E-state index contributed by atoms with van der Waals surface area (Å²) >= 11 is 1.52. The summed E-state index contributed by atoms with van der Waals surface area (Å²) in [6.07, 6.45) is -0.176. The summed E-state index contributed by atoms with van der Waals surface area (Å²) in [6, 6.07) is 8.16. The van der Waals surface area contributed by atoms with Crippen molar-refractivity contribution >= 4 is 11.8 Å². The van der Waals surface area contributed by atoms with E-state index in [1.165, 1.54) is 11.8 Å². The zero-order valence-electron chi connectivity index (χ0n) is 14.8. The van der Waals surface area contributed by atoms with Crippen molar-refractivity contribution in [1.29, 1.82) is 0 Å². The van der Waals surface area contributed by atoms with Crippen molar-refractivity contribution in [3.8, 4) is 5.69 Å². The number of para-hydroxylation sites is 1. The quantitative estimate of drug-likeness (QED) is 0.596. The van der Waals surface area contributed by atoms with Crippen LogP contribution in [0.25, 0.3) is 5.69 Å². The number of hydrogen-bond donors (Lipinski definition) is 0. The Morgan fingerprint density at radius 2 is 2.04 bits per heavy atom. The predicted molar refractivity (Wildman–Crippen MR) is 94.7 cm³/mol. The number of aromatic nitrogens is 5. The van der Waals surface area contributed by atoms with Crippen molar-refractivity contribution < 1.29 is 9.26 Å². The highest BCUT2D eigenvalue weighted by Gasteiger charge is 2.17. The van der Waals surface area contributed by atoms with Crippen molar-refractivity contribution in [2.45, 2.75) is 44.7 Å². The van der Waals surface area contributed by atoms with E-state index in [9.17, 15) is 0 Å². The largest absolute Gasteiger partial charge is 0.371 e. The van der Waals surface area contributed by atoms with Crippen molar-refractivity contribution in [3.63, 3.8) is 0 Å². The first-order valence-corrected chi connectivity index (χ1v) is 9.13. The van der Waals surface area contributed by atoms with Gasteiger partial charge in [0, 0.05) is 6.61 Å².